The van der Waals surface area contributed by atoms with Crippen LogP contribution < -0.4 is 26.6 Å². The Kier molecular flexibility index (Phi) is 28.5. The predicted octanol–water partition coefficient (Wildman–Crippen LogP) is 16.4. The van der Waals surface area contributed by atoms with Gasteiger partial charge in [-0.15, -0.1) is 32.8 Å². The maximum atomic E-state index is 14.9. The van der Waals surface area contributed by atoms with Crippen molar-refractivity contribution in [3.63, 3.8) is 0 Å². The number of carbonyl (C=O) groups excluding carboxylic acids is 3. The van der Waals surface area contributed by atoms with E-state index in [1.54, 1.807) is 96.0 Å². The van der Waals surface area contributed by atoms with Gasteiger partial charge in [-0.1, -0.05) is 93.9 Å². The molecular weight excluding hydrogens is 1550 g/mol. The maximum Gasteiger partial charge on any atom is 0.395 e. The highest BCUT2D eigenvalue weighted by Crippen LogP contribution is 2.49. The molecule has 0 bridgehead atoms. The molecule has 41 heteroatoms. The van der Waals surface area contributed by atoms with Gasteiger partial charge in [-0.05, 0) is 126 Å². The van der Waals surface area contributed by atoms with Crippen molar-refractivity contribution in [1.29, 1.82) is 0 Å². The average Bonchev–Trinajstić information content (AvgIpc) is 1.67. The Bertz CT molecular complexity index is 4130. The number of halogens is 15. The summed E-state index contributed by atoms with van der Waals surface area (Å²) in [6.07, 6.45) is -13.0. The summed E-state index contributed by atoms with van der Waals surface area (Å²) in [7, 11) is 0. The van der Waals surface area contributed by atoms with Crippen molar-refractivity contribution in [2.75, 3.05) is 47.4 Å². The highest BCUT2D eigenvalue weighted by Gasteiger charge is 2.54. The molecule has 5 N–H and O–H groups in total. The summed E-state index contributed by atoms with van der Waals surface area (Å²) in [4.78, 5) is 67.6. The zero-order valence-electron chi connectivity index (χ0n) is 51.7. The second kappa shape index (κ2) is 36.1. The highest BCUT2D eigenvalue weighted by molar-refractivity contribution is 7.99. The molecule has 0 amide bonds. The quantitative estimate of drug-likeness (QED) is 0.0279. The molecule has 0 unspecified atom stereocenters. The summed E-state index contributed by atoms with van der Waals surface area (Å²) >= 11 is 25.1. The number of benzene rings is 3. The summed E-state index contributed by atoms with van der Waals surface area (Å²) < 4.78 is 142. The molecule has 20 nitrogen and oxygen atoms in total. The van der Waals surface area contributed by atoms with E-state index < -0.39 is 66.5 Å². The number of nitrogens with two attached hydrogens (primary N) is 1. The molecule has 538 valence electrons. The number of hydrogen-bond acceptors (Lipinski definition) is 26. The summed E-state index contributed by atoms with van der Waals surface area (Å²) in [5.74, 6) is -0.538. The van der Waals surface area contributed by atoms with E-state index in [2.05, 4.69) is 75.6 Å². The van der Waals surface area contributed by atoms with Crippen LogP contribution >= 0.6 is 117 Å². The number of carbonyl (C=O) groups is 3. The number of rotatable bonds is 22. The normalized spacial score (nSPS) is 15.0. The first kappa shape index (κ1) is 79.9. The molecule has 0 radical (unpaired) electrons. The lowest BCUT2D eigenvalue weighted by atomic mass is 9.91. The van der Waals surface area contributed by atoms with E-state index in [0.29, 0.717) is 84.0 Å². The highest BCUT2D eigenvalue weighted by atomic mass is 35.5. The number of alkyl halides is 11. The van der Waals surface area contributed by atoms with Gasteiger partial charge < -0.3 is 26.6 Å². The predicted molar refractivity (Wildman–Crippen MR) is 367 cm³/mol. The van der Waals surface area contributed by atoms with E-state index in [0.717, 1.165) is 40.4 Å². The number of nitrogen functional groups attached to an aromatic ring is 1. The third kappa shape index (κ3) is 27.7. The van der Waals surface area contributed by atoms with Gasteiger partial charge in [0.1, 0.15) is 98.2 Å². The molecule has 13 rings (SSSR count). The lowest BCUT2D eigenvalue weighted by Gasteiger charge is -2.45. The third-order valence-electron chi connectivity index (χ3n) is 14.1. The largest absolute Gasteiger partial charge is 0.395 e. The minimum Gasteiger partial charge on any atom is -0.374 e. The van der Waals surface area contributed by atoms with Crippen molar-refractivity contribution in [3.05, 3.63) is 140 Å². The molecule has 0 spiro atoms. The van der Waals surface area contributed by atoms with Crippen molar-refractivity contribution in [1.82, 2.24) is 65.0 Å². The number of anilines is 6. The molecule has 0 atom stereocenters. The second-order valence-electron chi connectivity index (χ2n) is 22.4. The number of nitrogens with one attached hydrogen (secondary N) is 3. The van der Waals surface area contributed by atoms with Gasteiger partial charge in [0.25, 0.3) is 0 Å². The molecule has 9 aromatic rings. The van der Waals surface area contributed by atoms with Crippen LogP contribution in [0.5, 0.6) is 0 Å². The number of hydrogen-bond donors (Lipinski definition) is 4. The van der Waals surface area contributed by atoms with Gasteiger partial charge in [-0.25, -0.2) is 43.7 Å². The number of Topliss-reactive ketones (excluding diaryl/α,β-unsaturated/α-hetero) is 3. The van der Waals surface area contributed by atoms with Gasteiger partial charge in [0.2, 0.25) is 10.3 Å². The van der Waals surface area contributed by atoms with Crippen molar-refractivity contribution in [3.8, 4) is 0 Å². The van der Waals surface area contributed by atoms with Crippen LogP contribution in [-0.2, 0) is 33.6 Å². The van der Waals surface area contributed by atoms with E-state index in [1.165, 1.54) is 81.9 Å². The van der Waals surface area contributed by atoms with E-state index >= 15 is 0 Å². The zero-order chi connectivity index (χ0) is 71.8. The Morgan fingerprint density at radius 1 is 0.554 bits per heavy atom. The summed E-state index contributed by atoms with van der Waals surface area (Å²) in [5, 5.41) is 27.8. The third-order valence-corrected chi connectivity index (χ3v) is 19.0. The van der Waals surface area contributed by atoms with Gasteiger partial charge in [0.15, 0.2) is 20.6 Å². The molecule has 4 fully saturated rings. The van der Waals surface area contributed by atoms with Crippen LogP contribution in [0.3, 0.4) is 0 Å². The number of aromatic nitrogens is 12. The monoisotopic (exact) mass is 1600 g/mol. The Balaban J connectivity index is 0.000000176. The standard InChI is InChI=1S/C22H20F4N6OS2.C16H11ClF3N5OS2.C14H9Cl2F3N2OS.C6H10FN.C2H3N3S.ClH/c23-21(14-3-4-14)10-32(11-21)18-8-17(29-20-31-27-12-34-20)28-19(30-18)35-16-5-1-13(2-6-16)7-15(33)9-22(24,25)26;17-12-6-13(24-15-25-21-8-27-15)23-14(22-12)28-11-3-1-9(2-4-11)5-10(26)7-16(18,19)20;15-11-6-12(16)21-13(20-11)23-10-3-1-8(2-4-10)5-9(22)7-14(17,18)19;7-6(3-8-4-6)5-1-2-5;3-2-4-1-5-6-2;/h1-2,5-6,8,12,14H,3-4,7,9-11H2,(H,28,29,30,31);1-4,6,8H,5,7H2,(H,22,23,24,25);1-4,6H,5,7H2;5,8H,1-4H2;1H,(H2,3,4,5);1H. The SMILES string of the molecule is Cl.FC1(C2CC2)CNC1.Nc1ncns1.O=C(Cc1ccc(Sc2nc(Cl)cc(Cl)n2)cc1)CC(F)(F)F.O=C(Cc1ccc(Sc2nc(Cl)cc(Nc3nncs3)n2)cc1)CC(F)(F)F.O=C(Cc1ccc(Sc2nc(Nc3nncs3)cc(N3CC(F)(C4CC4)C3)n2)cc1)CC(F)(F)F. The van der Waals surface area contributed by atoms with E-state index in [-0.39, 0.29) is 66.1 Å². The van der Waals surface area contributed by atoms with Crippen molar-refractivity contribution >= 4 is 167 Å². The molecule has 3 aromatic carbocycles. The molecule has 2 aliphatic heterocycles. The van der Waals surface area contributed by atoms with Crippen molar-refractivity contribution in [2.24, 2.45) is 11.8 Å². The van der Waals surface area contributed by atoms with E-state index in [9.17, 15) is 62.7 Å². The lowest BCUT2D eigenvalue weighted by molar-refractivity contribution is -0.153. The van der Waals surface area contributed by atoms with E-state index in [1.807, 2.05) is 4.90 Å². The molecule has 101 heavy (non-hydrogen) atoms. The van der Waals surface area contributed by atoms with Crippen LogP contribution in [0, 0.1) is 11.8 Å². The Morgan fingerprint density at radius 2 is 0.931 bits per heavy atom. The van der Waals surface area contributed by atoms with Crippen LogP contribution in [0.1, 0.15) is 61.6 Å². The fourth-order valence-corrected chi connectivity index (χ4v) is 13.5. The minimum atomic E-state index is -4.51. The molecule has 4 aliphatic rings. The van der Waals surface area contributed by atoms with Crippen LogP contribution in [-0.4, -0.2) is 133 Å². The van der Waals surface area contributed by atoms with E-state index in [4.69, 9.17) is 40.5 Å². The smallest absolute Gasteiger partial charge is 0.374 e. The van der Waals surface area contributed by atoms with Gasteiger partial charge in [0, 0.05) is 76.8 Å². The summed E-state index contributed by atoms with van der Waals surface area (Å²) in [6, 6.07) is 24.4. The molecule has 6 aromatic heterocycles. The molecule has 2 saturated heterocycles. The first-order chi connectivity index (χ1) is 47.3. The van der Waals surface area contributed by atoms with Crippen molar-refractivity contribution < 1.29 is 62.7 Å². The van der Waals surface area contributed by atoms with Crippen molar-refractivity contribution in [2.45, 2.75) is 124 Å². The van der Waals surface area contributed by atoms with Gasteiger partial charge in [-0.3, -0.25) is 14.4 Å². The average molecular weight is 1600 g/mol. The summed E-state index contributed by atoms with van der Waals surface area (Å²) in [5.41, 5.74) is 7.85. The topological polar surface area (TPSA) is 271 Å². The Hall–Kier alpha value is -6.81. The molecule has 2 aliphatic carbocycles. The Labute approximate surface area is 614 Å². The lowest BCUT2D eigenvalue weighted by Crippen LogP contribution is -2.60. The first-order valence-corrected chi connectivity index (χ1v) is 35.6. The second-order valence-corrected chi connectivity index (χ2v) is 29.2. The maximum absolute atomic E-state index is 14.9. The fraction of sp³-hybridized carbons (Fsp3) is 0.350. The van der Waals surface area contributed by atoms with Crippen LogP contribution in [0.25, 0.3) is 0 Å². The fourth-order valence-electron chi connectivity index (χ4n) is 9.21. The van der Waals surface area contributed by atoms with Gasteiger partial charge in [-0.2, -0.15) is 43.9 Å². The number of nitrogens with zero attached hydrogens (tertiary/aromatic N) is 13. The van der Waals surface area contributed by atoms with Crippen LogP contribution in [0.4, 0.5) is 81.1 Å². The van der Waals surface area contributed by atoms with Gasteiger partial charge >= 0.3 is 18.5 Å². The van der Waals surface area contributed by atoms with Crippen LogP contribution in [0.2, 0.25) is 15.5 Å². The summed E-state index contributed by atoms with van der Waals surface area (Å²) in [6.45, 7) is 1.80. The Morgan fingerprint density at radius 3 is 1.25 bits per heavy atom. The number of ketones is 3. The molecule has 2 saturated carbocycles. The van der Waals surface area contributed by atoms with Crippen LogP contribution in [0.15, 0.2) is 138 Å². The molecular formula is C60H54Cl4F11N17O3S6. The van der Waals surface area contributed by atoms with Gasteiger partial charge in [0.05, 0.1) is 13.1 Å². The molecule has 8 heterocycles. The first-order valence-electron chi connectivity index (χ1n) is 29.5. The minimum absolute atomic E-state index is 0. The zero-order valence-corrected chi connectivity index (χ0v) is 59.7.